The van der Waals surface area contributed by atoms with Crippen LogP contribution in [0.2, 0.25) is 0 Å². The summed E-state index contributed by atoms with van der Waals surface area (Å²) in [5.41, 5.74) is 4.10. The van der Waals surface area contributed by atoms with Gasteiger partial charge >= 0.3 is 0 Å². The number of carbonyl (C=O) groups is 2. The van der Waals surface area contributed by atoms with E-state index in [1.807, 2.05) is 65.4 Å². The van der Waals surface area contributed by atoms with Crippen molar-refractivity contribution in [1.29, 1.82) is 0 Å². The Balaban J connectivity index is 1.50. The number of amides is 2. The molecule has 39 heavy (non-hydrogen) atoms. The lowest BCUT2D eigenvalue weighted by atomic mass is 9.87. The van der Waals surface area contributed by atoms with E-state index < -0.39 is 0 Å². The fraction of sp³-hybridized carbons (Fsp3) is 0.367. The maximum atomic E-state index is 13.8. The molecule has 0 aliphatic carbocycles. The first-order valence-corrected chi connectivity index (χ1v) is 13.2. The van der Waals surface area contributed by atoms with E-state index in [0.29, 0.717) is 50.6 Å². The van der Waals surface area contributed by atoms with Crippen molar-refractivity contribution in [2.24, 2.45) is 0 Å². The Morgan fingerprint density at radius 2 is 2.03 bits per heavy atom. The molecule has 1 unspecified atom stereocenters. The molecule has 204 valence electrons. The van der Waals surface area contributed by atoms with Crippen LogP contribution in [0.25, 0.3) is 0 Å². The van der Waals surface area contributed by atoms with Gasteiger partial charge in [0.2, 0.25) is 5.91 Å². The van der Waals surface area contributed by atoms with Crippen molar-refractivity contribution in [3.63, 3.8) is 0 Å². The van der Waals surface area contributed by atoms with Crippen LogP contribution in [0.3, 0.4) is 0 Å². The Kier molecular flexibility index (Phi) is 8.27. The lowest BCUT2D eigenvalue weighted by Crippen LogP contribution is -2.44. The summed E-state index contributed by atoms with van der Waals surface area (Å²) in [6.07, 6.45) is 4.85. The molecule has 0 spiro atoms. The quantitative estimate of drug-likeness (QED) is 0.542. The number of fused-ring (bicyclic) bond motifs is 8. The second kappa shape index (κ2) is 12.2. The van der Waals surface area contributed by atoms with E-state index in [9.17, 15) is 9.59 Å². The summed E-state index contributed by atoms with van der Waals surface area (Å²) < 4.78 is 17.5. The molecule has 1 atom stereocenters. The highest BCUT2D eigenvalue weighted by Gasteiger charge is 2.34. The van der Waals surface area contributed by atoms with Gasteiger partial charge in [0, 0.05) is 32.0 Å². The zero-order valence-corrected chi connectivity index (χ0v) is 22.4. The van der Waals surface area contributed by atoms with Crippen molar-refractivity contribution in [2.45, 2.75) is 25.4 Å². The van der Waals surface area contributed by atoms with Crippen LogP contribution < -0.4 is 19.5 Å². The van der Waals surface area contributed by atoms with Gasteiger partial charge in [-0.25, -0.2) is 0 Å². The smallest absolute Gasteiger partial charge is 0.257 e. The third kappa shape index (κ3) is 6.31. The summed E-state index contributed by atoms with van der Waals surface area (Å²) in [5, 5.41) is 2.86. The minimum atomic E-state index is -0.321. The largest absolute Gasteiger partial charge is 0.494 e. The number of hydrogen-bond acceptors (Lipinski definition) is 7. The Morgan fingerprint density at radius 3 is 2.85 bits per heavy atom. The highest BCUT2D eigenvalue weighted by Crippen LogP contribution is 2.42. The first kappa shape index (κ1) is 26.5. The Bertz CT molecular complexity index is 1320. The molecule has 3 aliphatic rings. The molecule has 0 saturated carbocycles. The van der Waals surface area contributed by atoms with Crippen LogP contribution >= 0.6 is 0 Å². The van der Waals surface area contributed by atoms with E-state index in [1.165, 1.54) is 0 Å². The first-order chi connectivity index (χ1) is 19.0. The average molecular weight is 531 g/mol. The second-order valence-corrected chi connectivity index (χ2v) is 9.88. The van der Waals surface area contributed by atoms with E-state index in [4.69, 9.17) is 14.2 Å². The number of aromatic nitrogens is 1. The molecule has 0 radical (unpaired) electrons. The van der Waals surface area contributed by atoms with Crippen LogP contribution in [-0.4, -0.2) is 73.6 Å². The number of likely N-dealkylation sites (N-methyl/N-ethyl adjacent to an activating group) is 1. The minimum absolute atomic E-state index is 0.0406. The SMILES string of the molecule is COc1cc2c3cc1OCC(=O)NCCCOc1cccc(c1)C2N(C(=O)CN(C)Cc1ccncc1)CC3. The number of nitrogens with zero attached hydrogens (tertiary/aromatic N) is 3. The van der Waals surface area contributed by atoms with Crippen molar-refractivity contribution >= 4 is 11.8 Å². The zero-order valence-electron chi connectivity index (χ0n) is 22.4. The average Bonchev–Trinajstić information content (AvgIpc) is 2.94. The summed E-state index contributed by atoms with van der Waals surface area (Å²) >= 11 is 0. The number of ether oxygens (including phenoxy) is 3. The van der Waals surface area contributed by atoms with E-state index >= 15 is 0 Å². The van der Waals surface area contributed by atoms with Crippen LogP contribution in [0.15, 0.2) is 60.9 Å². The van der Waals surface area contributed by atoms with E-state index in [0.717, 1.165) is 28.0 Å². The molecule has 1 N–H and O–H groups in total. The van der Waals surface area contributed by atoms with Crippen molar-refractivity contribution in [1.82, 2.24) is 20.1 Å². The third-order valence-corrected chi connectivity index (χ3v) is 7.03. The molecule has 0 fully saturated rings. The van der Waals surface area contributed by atoms with Crippen molar-refractivity contribution in [2.75, 3.05) is 47.0 Å². The molecule has 2 aromatic carbocycles. The van der Waals surface area contributed by atoms with Gasteiger partial charge in [-0.15, -0.1) is 0 Å². The number of carbonyl (C=O) groups excluding carboxylic acids is 2. The number of hydrogen-bond donors (Lipinski definition) is 1. The molecule has 9 nitrogen and oxygen atoms in total. The van der Waals surface area contributed by atoms with Crippen LogP contribution in [0.4, 0.5) is 0 Å². The molecule has 6 bridgehead atoms. The van der Waals surface area contributed by atoms with E-state index in [2.05, 4.69) is 10.3 Å². The summed E-state index contributed by atoms with van der Waals surface area (Å²) in [6.45, 7) is 2.32. The van der Waals surface area contributed by atoms with Gasteiger partial charge in [0.1, 0.15) is 5.75 Å². The number of benzene rings is 2. The lowest BCUT2D eigenvalue weighted by Gasteiger charge is -2.39. The van der Waals surface area contributed by atoms with Crippen LogP contribution in [0.5, 0.6) is 17.2 Å². The highest BCUT2D eigenvalue weighted by atomic mass is 16.5. The molecular formula is C30H34N4O5. The second-order valence-electron chi connectivity index (χ2n) is 9.88. The van der Waals surface area contributed by atoms with Gasteiger partial charge in [0.05, 0.1) is 26.3 Å². The van der Waals surface area contributed by atoms with Gasteiger partial charge in [-0.1, -0.05) is 12.1 Å². The fourth-order valence-electron chi connectivity index (χ4n) is 5.16. The van der Waals surface area contributed by atoms with Gasteiger partial charge in [0.15, 0.2) is 18.1 Å². The lowest BCUT2D eigenvalue weighted by molar-refractivity contribution is -0.134. The van der Waals surface area contributed by atoms with Crippen LogP contribution in [-0.2, 0) is 22.6 Å². The Hall–Kier alpha value is -4.11. The predicted octanol–water partition coefficient (Wildman–Crippen LogP) is 2.97. The summed E-state index contributed by atoms with van der Waals surface area (Å²) in [4.78, 5) is 34.1. The number of pyridine rings is 1. The van der Waals surface area contributed by atoms with Gasteiger partial charge in [0.25, 0.3) is 5.91 Å². The van der Waals surface area contributed by atoms with Gasteiger partial charge in [-0.05, 0) is 78.5 Å². The normalized spacial score (nSPS) is 17.3. The summed E-state index contributed by atoms with van der Waals surface area (Å²) in [5.74, 6) is 1.61. The van der Waals surface area contributed by atoms with E-state index in [-0.39, 0.29) is 31.0 Å². The van der Waals surface area contributed by atoms with Crippen molar-refractivity contribution in [3.8, 4) is 17.2 Å². The van der Waals surface area contributed by atoms with Crippen LogP contribution in [0.1, 0.15) is 34.7 Å². The topological polar surface area (TPSA) is 93.2 Å². The number of nitrogens with one attached hydrogen (secondary N) is 1. The number of methoxy groups -OCH3 is 1. The molecule has 3 aliphatic heterocycles. The zero-order chi connectivity index (χ0) is 27.2. The van der Waals surface area contributed by atoms with E-state index in [1.54, 1.807) is 19.5 Å². The Morgan fingerprint density at radius 1 is 1.18 bits per heavy atom. The molecule has 6 rings (SSSR count). The third-order valence-electron chi connectivity index (χ3n) is 7.03. The van der Waals surface area contributed by atoms with Crippen molar-refractivity contribution < 1.29 is 23.8 Å². The molecule has 9 heteroatoms. The monoisotopic (exact) mass is 530 g/mol. The van der Waals surface area contributed by atoms with Gasteiger partial charge in [-0.3, -0.25) is 19.5 Å². The Labute approximate surface area is 228 Å². The van der Waals surface area contributed by atoms with Gasteiger partial charge < -0.3 is 24.4 Å². The molecule has 2 amide bonds. The fourth-order valence-corrected chi connectivity index (χ4v) is 5.16. The predicted molar refractivity (Wildman–Crippen MR) is 146 cm³/mol. The molecule has 3 aromatic rings. The standard InChI is InChI=1S/C30H34N4O5/c1-33(18-21-7-11-31-12-8-21)19-29(36)34-13-9-22-16-27-26(37-2)17-25(22)30(34)23-5-3-6-24(15-23)38-14-4-10-32-28(35)20-39-27/h3,5-8,11-12,15-17,30H,4,9-10,13-14,18-20H2,1-2H3,(H,32,35). The maximum Gasteiger partial charge on any atom is 0.257 e. The summed E-state index contributed by atoms with van der Waals surface area (Å²) in [6, 6.07) is 15.4. The molecular weight excluding hydrogens is 496 g/mol. The van der Waals surface area contributed by atoms with Crippen molar-refractivity contribution in [3.05, 3.63) is 83.2 Å². The molecule has 0 saturated heterocycles. The molecule has 1 aromatic heterocycles. The minimum Gasteiger partial charge on any atom is -0.494 e. The maximum absolute atomic E-state index is 13.8. The van der Waals surface area contributed by atoms with Gasteiger partial charge in [-0.2, -0.15) is 0 Å². The molecule has 4 heterocycles. The van der Waals surface area contributed by atoms with Crippen LogP contribution in [0, 0.1) is 0 Å². The highest BCUT2D eigenvalue weighted by molar-refractivity contribution is 5.80. The first-order valence-electron chi connectivity index (χ1n) is 13.2. The number of rotatable bonds is 5. The summed E-state index contributed by atoms with van der Waals surface area (Å²) in [7, 11) is 3.53.